The van der Waals surface area contributed by atoms with Crippen LogP contribution in [0.1, 0.15) is 42.5 Å². The molecule has 2 aliphatic rings. The number of allylic oxidation sites excluding steroid dienone is 4. The van der Waals surface area contributed by atoms with Gasteiger partial charge in [-0.05, 0) is 18.9 Å². The first-order chi connectivity index (χ1) is 11.5. The summed E-state index contributed by atoms with van der Waals surface area (Å²) in [6.07, 6.45) is 11.0. The van der Waals surface area contributed by atoms with Gasteiger partial charge in [-0.1, -0.05) is 36.2 Å². The van der Waals surface area contributed by atoms with Crippen LogP contribution in [0, 0.1) is 26.0 Å². The van der Waals surface area contributed by atoms with E-state index in [-0.39, 0.29) is 24.8 Å². The van der Waals surface area contributed by atoms with Crippen molar-refractivity contribution in [3.8, 4) is 11.1 Å². The normalized spacial score (nSPS) is 11.6. The van der Waals surface area contributed by atoms with Crippen LogP contribution < -0.4 is 0 Å². The van der Waals surface area contributed by atoms with Crippen molar-refractivity contribution in [3.05, 3.63) is 83.0 Å². The Morgan fingerprint density at radius 1 is 1.00 bits per heavy atom. The second-order valence-corrected chi connectivity index (χ2v) is 8.83. The molecule has 2 aromatic carbocycles. The van der Waals surface area contributed by atoms with Crippen LogP contribution in [0.3, 0.4) is 0 Å². The van der Waals surface area contributed by atoms with Crippen LogP contribution in [0.25, 0.3) is 11.1 Å². The molecule has 0 unspecified atom stereocenters. The molecule has 0 bridgehead atoms. The van der Waals surface area contributed by atoms with Crippen LogP contribution in [0.2, 0.25) is 0 Å². The zero-order valence-electron chi connectivity index (χ0n) is 15.8. The molecule has 0 atom stereocenters. The first-order valence-electron chi connectivity index (χ1n) is 8.32. The molecule has 0 radical (unpaired) electrons. The van der Waals surface area contributed by atoms with Gasteiger partial charge in [0.2, 0.25) is 0 Å². The van der Waals surface area contributed by atoms with Gasteiger partial charge in [-0.15, -0.1) is 42.4 Å². The van der Waals surface area contributed by atoms with Crippen LogP contribution >= 0.6 is 24.8 Å². The van der Waals surface area contributed by atoms with Crippen LogP contribution in [0.4, 0.5) is 0 Å². The number of hydrogen-bond donors (Lipinski definition) is 0. The molecule has 0 nitrogen and oxygen atoms in total. The van der Waals surface area contributed by atoms with Crippen LogP contribution in [-0.4, -0.2) is 3.21 Å². The van der Waals surface area contributed by atoms with Gasteiger partial charge < -0.3 is 0 Å². The number of fused-ring (bicyclic) bond motifs is 3. The zero-order valence-corrected chi connectivity index (χ0v) is 19.9. The number of hydrogen-bond acceptors (Lipinski definition) is 0. The number of benzene rings is 2. The molecule has 0 amide bonds. The minimum Gasteiger partial charge on any atom is -0.273 e. The number of aryl methyl sites for hydroxylation is 2. The van der Waals surface area contributed by atoms with Crippen molar-refractivity contribution in [2.75, 3.05) is 0 Å². The topological polar surface area (TPSA) is 0 Å². The Labute approximate surface area is 185 Å². The monoisotopic (exact) mass is 462 g/mol. The molecule has 26 heavy (non-hydrogen) atoms. The maximum atomic E-state index is 3.45. The summed E-state index contributed by atoms with van der Waals surface area (Å²) in [6, 6.07) is 14.5. The quantitative estimate of drug-likeness (QED) is 0.330. The van der Waals surface area contributed by atoms with Gasteiger partial charge in [-0.25, -0.2) is 12.2 Å². The molecule has 0 saturated carbocycles. The van der Waals surface area contributed by atoms with E-state index in [0.717, 1.165) is 12.8 Å². The first-order valence-corrected chi connectivity index (χ1v) is 9.55. The molecule has 0 heterocycles. The van der Waals surface area contributed by atoms with Crippen molar-refractivity contribution in [1.82, 2.24) is 0 Å². The van der Waals surface area contributed by atoms with Gasteiger partial charge in [0.05, 0.1) is 0 Å². The molecule has 4 rings (SSSR count). The Hall–Kier alpha value is -0.747. The Kier molecular flexibility index (Phi) is 12.2. The fraction of sp³-hybridized carbons (Fsp3) is 0.261. The average molecular weight is 465 g/mol. The predicted molar refractivity (Wildman–Crippen MR) is 115 cm³/mol. The Bertz CT molecular complexity index is 725. The summed E-state index contributed by atoms with van der Waals surface area (Å²) in [5, 5.41) is 0. The number of rotatable bonds is 0. The molecule has 0 aromatic heterocycles. The van der Waals surface area contributed by atoms with E-state index in [1.807, 2.05) is 12.2 Å². The molecular formula is C23H26Cl2Zr. The SMILES string of the molecule is C[C](C)=[Zr+2].Cc1[c-]c2c(cc1)-c1ccc(C)cc1C2.Cl.Cl.[C-]1=CC=CC1. The minimum absolute atomic E-state index is 0. The van der Waals surface area contributed by atoms with Gasteiger partial charge in [0.1, 0.15) is 0 Å². The van der Waals surface area contributed by atoms with Crippen LogP contribution in [0.5, 0.6) is 0 Å². The van der Waals surface area contributed by atoms with Crippen molar-refractivity contribution < 1.29 is 24.2 Å². The van der Waals surface area contributed by atoms with E-state index in [4.69, 9.17) is 0 Å². The second-order valence-electron chi connectivity index (χ2n) is 6.37. The summed E-state index contributed by atoms with van der Waals surface area (Å²) in [6.45, 7) is 8.50. The van der Waals surface area contributed by atoms with Gasteiger partial charge in [-0.2, -0.15) is 29.8 Å². The van der Waals surface area contributed by atoms with Gasteiger partial charge >= 0.3 is 41.3 Å². The molecule has 0 aliphatic heterocycles. The Morgan fingerprint density at radius 2 is 1.65 bits per heavy atom. The Balaban J connectivity index is 0.000000480. The fourth-order valence-electron chi connectivity index (χ4n) is 2.71. The van der Waals surface area contributed by atoms with Crippen LogP contribution in [-0.2, 0) is 30.7 Å². The molecule has 2 aromatic rings. The summed E-state index contributed by atoms with van der Waals surface area (Å²) >= 11 is 1.55. The second kappa shape index (κ2) is 12.6. The molecular weight excluding hydrogens is 438 g/mol. The van der Waals surface area contributed by atoms with Crippen molar-refractivity contribution in [1.29, 1.82) is 0 Å². The van der Waals surface area contributed by atoms with E-state index in [0.29, 0.717) is 0 Å². The molecule has 136 valence electrons. The van der Waals surface area contributed by atoms with E-state index in [1.165, 1.54) is 36.6 Å². The van der Waals surface area contributed by atoms with E-state index < -0.39 is 0 Å². The summed E-state index contributed by atoms with van der Waals surface area (Å²) in [4.78, 5) is 0. The molecule has 0 saturated heterocycles. The van der Waals surface area contributed by atoms with E-state index in [9.17, 15) is 0 Å². The van der Waals surface area contributed by atoms with Crippen molar-refractivity contribution >= 4 is 28.0 Å². The standard InChI is InChI=1S/C15H13.C5H5.C3H6.2ClH.Zr/c1-10-3-5-14-12(7-10)9-13-8-11(2)4-6-15(13)14;1-2-4-5-3-1;1-3-2;;;/h3-7H,9H2,1-2H3;1-3H,4H2;1-2H3;2*1H;/q2*-1;;;;+2. The van der Waals surface area contributed by atoms with Crippen molar-refractivity contribution in [2.45, 2.75) is 40.5 Å². The van der Waals surface area contributed by atoms with Gasteiger partial charge in [0, 0.05) is 0 Å². The third-order valence-corrected chi connectivity index (χ3v) is 3.68. The maximum Gasteiger partial charge on any atom is -0.0253 e. The first kappa shape index (κ1) is 25.3. The summed E-state index contributed by atoms with van der Waals surface area (Å²) in [5.41, 5.74) is 8.15. The van der Waals surface area contributed by atoms with Crippen molar-refractivity contribution in [3.63, 3.8) is 0 Å². The zero-order chi connectivity index (χ0) is 17.5. The fourth-order valence-corrected chi connectivity index (χ4v) is 2.71. The average Bonchev–Trinajstić information content (AvgIpc) is 3.16. The van der Waals surface area contributed by atoms with E-state index in [1.54, 1.807) is 24.2 Å². The molecule has 0 spiro atoms. The molecule has 2 aliphatic carbocycles. The molecule has 0 N–H and O–H groups in total. The van der Waals surface area contributed by atoms with Gasteiger partial charge in [0.25, 0.3) is 0 Å². The van der Waals surface area contributed by atoms with Gasteiger partial charge in [0.15, 0.2) is 0 Å². The Morgan fingerprint density at radius 3 is 2.19 bits per heavy atom. The summed E-state index contributed by atoms with van der Waals surface area (Å²) in [5.74, 6) is 0. The van der Waals surface area contributed by atoms with Crippen molar-refractivity contribution in [2.24, 2.45) is 0 Å². The predicted octanol–water partition coefficient (Wildman–Crippen LogP) is 6.57. The van der Waals surface area contributed by atoms with Crippen LogP contribution in [0.15, 0.2) is 48.6 Å². The minimum atomic E-state index is 0. The van der Waals surface area contributed by atoms with E-state index >= 15 is 0 Å². The third kappa shape index (κ3) is 7.87. The smallest absolute Gasteiger partial charge is 0.0253 e. The van der Waals surface area contributed by atoms with Gasteiger partial charge in [-0.3, -0.25) is 6.08 Å². The third-order valence-electron chi connectivity index (χ3n) is 3.68. The largest absolute Gasteiger partial charge is 0.273 e. The van der Waals surface area contributed by atoms with E-state index in [2.05, 4.69) is 76.2 Å². The molecule has 3 heteroatoms. The maximum absolute atomic E-state index is 3.45. The summed E-state index contributed by atoms with van der Waals surface area (Å²) < 4.78 is 1.51. The summed E-state index contributed by atoms with van der Waals surface area (Å²) in [7, 11) is 0. The number of halogens is 2. The molecule has 0 fully saturated rings.